The van der Waals surface area contributed by atoms with Crippen molar-refractivity contribution >= 4 is 23.2 Å². The van der Waals surface area contributed by atoms with E-state index in [2.05, 4.69) is 15.5 Å². The van der Waals surface area contributed by atoms with E-state index in [9.17, 15) is 22.8 Å². The lowest BCUT2D eigenvalue weighted by Gasteiger charge is -2.12. The van der Waals surface area contributed by atoms with Gasteiger partial charge in [0, 0.05) is 23.5 Å². The fourth-order valence-electron chi connectivity index (χ4n) is 3.12. The Morgan fingerprint density at radius 3 is 2.50 bits per heavy atom. The maximum atomic E-state index is 13.0. The molecule has 1 amide bonds. The van der Waals surface area contributed by atoms with E-state index in [1.807, 2.05) is 31.2 Å². The number of halogens is 4. The van der Waals surface area contributed by atoms with Crippen LogP contribution in [0.1, 0.15) is 11.1 Å². The molecular formula is C23H16ClF3N4O3. The third kappa shape index (κ3) is 5.18. The Hall–Kier alpha value is -3.92. The number of nitrogens with zero attached hydrogens (tertiary/aromatic N) is 3. The molecule has 0 atom stereocenters. The van der Waals surface area contributed by atoms with Crippen LogP contribution in [0.25, 0.3) is 22.8 Å². The van der Waals surface area contributed by atoms with Gasteiger partial charge in [-0.25, -0.2) is 0 Å². The SMILES string of the molecule is Cc1ccc(-c2noc(-c3ccc(=O)n(CC(=O)Nc4ccc(Cl)c(C(F)(F)F)c4)c3)n2)cc1. The van der Waals surface area contributed by atoms with Crippen molar-refractivity contribution in [3.63, 3.8) is 0 Å². The second-order valence-corrected chi connectivity index (χ2v) is 7.82. The monoisotopic (exact) mass is 488 g/mol. The standard InChI is InChI=1S/C23H16ClF3N4O3/c1-13-2-4-14(5-3-13)21-29-22(34-30-21)15-6-9-20(33)31(11-15)12-19(32)28-16-7-8-18(24)17(10-16)23(25,26)27/h2-11H,12H2,1H3,(H,28,32). The lowest BCUT2D eigenvalue weighted by molar-refractivity contribution is -0.137. The number of alkyl halides is 3. The molecule has 11 heteroatoms. The molecule has 174 valence electrons. The van der Waals surface area contributed by atoms with Gasteiger partial charge >= 0.3 is 6.18 Å². The normalized spacial score (nSPS) is 11.4. The average molecular weight is 489 g/mol. The van der Waals surface area contributed by atoms with Gasteiger partial charge in [0.2, 0.25) is 11.7 Å². The number of amides is 1. The third-order valence-corrected chi connectivity index (χ3v) is 5.17. The summed E-state index contributed by atoms with van der Waals surface area (Å²) >= 11 is 5.59. The van der Waals surface area contributed by atoms with Crippen LogP contribution in [-0.4, -0.2) is 20.6 Å². The largest absolute Gasteiger partial charge is 0.417 e. The minimum absolute atomic E-state index is 0.106. The van der Waals surface area contributed by atoms with Gasteiger partial charge in [0.05, 0.1) is 16.1 Å². The van der Waals surface area contributed by atoms with Crippen molar-refractivity contribution in [1.82, 2.24) is 14.7 Å². The summed E-state index contributed by atoms with van der Waals surface area (Å²) in [6.07, 6.45) is -3.32. The average Bonchev–Trinajstić information content (AvgIpc) is 3.26. The van der Waals surface area contributed by atoms with Gasteiger partial charge in [0.15, 0.2) is 0 Å². The van der Waals surface area contributed by atoms with E-state index in [1.165, 1.54) is 24.4 Å². The van der Waals surface area contributed by atoms with Crippen LogP contribution >= 0.6 is 11.6 Å². The van der Waals surface area contributed by atoms with Gasteiger partial charge in [-0.15, -0.1) is 0 Å². The van der Waals surface area contributed by atoms with Gasteiger partial charge in [-0.05, 0) is 31.2 Å². The number of pyridine rings is 1. The Bertz CT molecular complexity index is 1410. The molecule has 2 aromatic heterocycles. The molecule has 2 heterocycles. The number of aryl methyl sites for hydroxylation is 1. The van der Waals surface area contributed by atoms with E-state index in [1.54, 1.807) is 0 Å². The Morgan fingerprint density at radius 1 is 1.09 bits per heavy atom. The summed E-state index contributed by atoms with van der Waals surface area (Å²) in [4.78, 5) is 29.0. The maximum Gasteiger partial charge on any atom is 0.417 e. The highest BCUT2D eigenvalue weighted by Crippen LogP contribution is 2.36. The first-order valence-corrected chi connectivity index (χ1v) is 10.3. The molecule has 4 rings (SSSR count). The fraction of sp³-hybridized carbons (Fsp3) is 0.130. The Morgan fingerprint density at radius 2 is 1.79 bits per heavy atom. The quantitative estimate of drug-likeness (QED) is 0.418. The summed E-state index contributed by atoms with van der Waals surface area (Å²) in [5.74, 6) is -0.216. The topological polar surface area (TPSA) is 90.0 Å². The van der Waals surface area contributed by atoms with Crippen LogP contribution in [0.3, 0.4) is 0 Å². The lowest BCUT2D eigenvalue weighted by Crippen LogP contribution is -2.27. The number of benzene rings is 2. The Kier molecular flexibility index (Phi) is 6.25. The zero-order valence-corrected chi connectivity index (χ0v) is 18.3. The van der Waals surface area contributed by atoms with E-state index in [4.69, 9.17) is 16.1 Å². The van der Waals surface area contributed by atoms with Crippen LogP contribution in [0.5, 0.6) is 0 Å². The summed E-state index contributed by atoms with van der Waals surface area (Å²) < 4.78 is 45.5. The summed E-state index contributed by atoms with van der Waals surface area (Å²) in [6.45, 7) is 1.50. The van der Waals surface area contributed by atoms with Gasteiger partial charge in [-0.1, -0.05) is 46.6 Å². The highest BCUT2D eigenvalue weighted by atomic mass is 35.5. The molecule has 0 radical (unpaired) electrons. The van der Waals surface area contributed by atoms with E-state index in [0.717, 1.165) is 27.8 Å². The molecule has 4 aromatic rings. The highest BCUT2D eigenvalue weighted by molar-refractivity contribution is 6.31. The molecule has 0 aliphatic heterocycles. The number of anilines is 1. The number of hydrogen-bond acceptors (Lipinski definition) is 5. The maximum absolute atomic E-state index is 13.0. The molecule has 0 fully saturated rings. The van der Waals surface area contributed by atoms with Crippen LogP contribution in [-0.2, 0) is 17.5 Å². The molecule has 2 aromatic carbocycles. The Labute approximate surface area is 195 Å². The number of nitrogens with one attached hydrogen (secondary N) is 1. The van der Waals surface area contributed by atoms with Gasteiger partial charge < -0.3 is 14.4 Å². The number of carbonyl (C=O) groups is 1. The molecule has 0 aliphatic carbocycles. The molecule has 1 N–H and O–H groups in total. The van der Waals surface area contributed by atoms with Crippen molar-refractivity contribution in [3.05, 3.63) is 87.3 Å². The van der Waals surface area contributed by atoms with Gasteiger partial charge in [-0.3, -0.25) is 9.59 Å². The van der Waals surface area contributed by atoms with Crippen molar-refractivity contribution in [2.75, 3.05) is 5.32 Å². The minimum atomic E-state index is -4.68. The lowest BCUT2D eigenvalue weighted by atomic mass is 10.1. The fourth-order valence-corrected chi connectivity index (χ4v) is 3.34. The zero-order valence-electron chi connectivity index (χ0n) is 17.6. The van der Waals surface area contributed by atoms with Gasteiger partial charge in [0.1, 0.15) is 6.54 Å². The van der Waals surface area contributed by atoms with Crippen LogP contribution in [0.2, 0.25) is 5.02 Å². The number of aromatic nitrogens is 3. The van der Waals surface area contributed by atoms with Crippen molar-refractivity contribution in [3.8, 4) is 22.8 Å². The predicted octanol–water partition coefficient (Wildman–Crippen LogP) is 5.18. The van der Waals surface area contributed by atoms with Crippen molar-refractivity contribution in [1.29, 1.82) is 0 Å². The molecule has 0 spiro atoms. The second kappa shape index (κ2) is 9.14. The van der Waals surface area contributed by atoms with Crippen LogP contribution < -0.4 is 10.9 Å². The summed E-state index contributed by atoms with van der Waals surface area (Å²) in [5.41, 5.74) is 0.534. The molecule has 0 unspecified atom stereocenters. The highest BCUT2D eigenvalue weighted by Gasteiger charge is 2.33. The minimum Gasteiger partial charge on any atom is -0.334 e. The van der Waals surface area contributed by atoms with Crippen LogP contribution in [0.4, 0.5) is 18.9 Å². The molecule has 0 saturated carbocycles. The number of rotatable bonds is 5. The smallest absolute Gasteiger partial charge is 0.334 e. The van der Waals surface area contributed by atoms with E-state index in [-0.39, 0.29) is 11.6 Å². The van der Waals surface area contributed by atoms with E-state index < -0.39 is 34.8 Å². The van der Waals surface area contributed by atoms with Crippen LogP contribution in [0.15, 0.2) is 70.1 Å². The third-order valence-electron chi connectivity index (χ3n) is 4.84. The summed E-state index contributed by atoms with van der Waals surface area (Å²) in [6, 6.07) is 13.2. The summed E-state index contributed by atoms with van der Waals surface area (Å²) in [5, 5.41) is 5.79. The molecule has 0 aliphatic rings. The van der Waals surface area contributed by atoms with Crippen molar-refractivity contribution in [2.45, 2.75) is 19.6 Å². The van der Waals surface area contributed by atoms with Gasteiger partial charge in [-0.2, -0.15) is 18.2 Å². The van der Waals surface area contributed by atoms with Crippen LogP contribution in [0, 0.1) is 6.92 Å². The number of carbonyl (C=O) groups excluding carboxylic acids is 1. The molecule has 0 saturated heterocycles. The predicted molar refractivity (Wildman–Crippen MR) is 119 cm³/mol. The molecule has 34 heavy (non-hydrogen) atoms. The van der Waals surface area contributed by atoms with E-state index >= 15 is 0 Å². The number of hydrogen-bond donors (Lipinski definition) is 1. The van der Waals surface area contributed by atoms with E-state index in [0.29, 0.717) is 11.4 Å². The second-order valence-electron chi connectivity index (χ2n) is 7.41. The van der Waals surface area contributed by atoms with Gasteiger partial charge in [0.25, 0.3) is 11.4 Å². The van der Waals surface area contributed by atoms with Crippen molar-refractivity contribution < 1.29 is 22.5 Å². The molecule has 0 bridgehead atoms. The first kappa shape index (κ1) is 23.2. The van der Waals surface area contributed by atoms with Crippen molar-refractivity contribution in [2.24, 2.45) is 0 Å². The first-order chi connectivity index (χ1) is 16.1. The zero-order chi connectivity index (χ0) is 24.5. The Balaban J connectivity index is 1.53. The first-order valence-electron chi connectivity index (χ1n) is 9.88. The molecular weight excluding hydrogens is 473 g/mol. The molecule has 7 nitrogen and oxygen atoms in total. The summed E-state index contributed by atoms with van der Waals surface area (Å²) in [7, 11) is 0.